The van der Waals surface area contributed by atoms with Gasteiger partial charge in [0, 0.05) is 24.7 Å². The first-order chi connectivity index (χ1) is 21.8. The standard InChI is InChI=1S/C33H40N4O7S/c1-4-5-12-31-34-33(15-8-9-16-33)32(39)36(31)20-25-13-14-27(26(19-25)21-38)28-10-6-7-11-30(28)45(40,41)37(23-43-18-17-42-3)29-22-44-35-24(29)2/h6-7,10-11,13-14,19,21-22H,4-5,8-9,12,15-18,20,23H2,1-3H3. The molecule has 0 atom stereocenters. The highest BCUT2D eigenvalue weighted by Gasteiger charge is 2.49. The van der Waals surface area contributed by atoms with Crippen LogP contribution in [-0.2, 0) is 30.8 Å². The van der Waals surface area contributed by atoms with E-state index in [1.54, 1.807) is 42.2 Å². The first-order valence-electron chi connectivity index (χ1n) is 15.3. The number of aldehydes is 1. The summed E-state index contributed by atoms with van der Waals surface area (Å²) in [5, 5.41) is 3.85. The number of hydrogen-bond donors (Lipinski definition) is 0. The van der Waals surface area contributed by atoms with E-state index >= 15 is 0 Å². The van der Waals surface area contributed by atoms with Gasteiger partial charge in [-0.3, -0.25) is 19.5 Å². The summed E-state index contributed by atoms with van der Waals surface area (Å²) >= 11 is 0. The van der Waals surface area contributed by atoms with Crippen LogP contribution in [0.5, 0.6) is 0 Å². The van der Waals surface area contributed by atoms with Gasteiger partial charge in [0.1, 0.15) is 35.7 Å². The predicted molar refractivity (Wildman–Crippen MR) is 170 cm³/mol. The van der Waals surface area contributed by atoms with E-state index in [0.29, 0.717) is 35.2 Å². The van der Waals surface area contributed by atoms with Crippen molar-refractivity contribution in [1.29, 1.82) is 0 Å². The molecule has 1 fully saturated rings. The third-order valence-electron chi connectivity index (χ3n) is 8.45. The summed E-state index contributed by atoms with van der Waals surface area (Å²) in [5.74, 6) is 0.852. The average molecular weight is 637 g/mol. The van der Waals surface area contributed by atoms with Gasteiger partial charge in [-0.1, -0.05) is 61.7 Å². The van der Waals surface area contributed by atoms with Crippen molar-refractivity contribution in [3.05, 3.63) is 65.5 Å². The zero-order chi connectivity index (χ0) is 32.0. The largest absolute Gasteiger partial charge is 0.382 e. The highest BCUT2D eigenvalue weighted by molar-refractivity contribution is 7.93. The number of aliphatic imine (C=N–C) groups is 1. The first kappa shape index (κ1) is 32.5. The van der Waals surface area contributed by atoms with Crippen LogP contribution in [0.4, 0.5) is 5.69 Å². The van der Waals surface area contributed by atoms with E-state index in [-0.39, 0.29) is 36.4 Å². The maximum Gasteiger partial charge on any atom is 0.267 e. The lowest BCUT2D eigenvalue weighted by atomic mass is 9.96. The number of aryl methyl sites for hydroxylation is 1. The molecule has 11 nitrogen and oxygen atoms in total. The van der Waals surface area contributed by atoms with Gasteiger partial charge in [-0.05, 0) is 49.4 Å². The monoisotopic (exact) mass is 636 g/mol. The topological polar surface area (TPSA) is 132 Å². The number of rotatable bonds is 15. The molecular weight excluding hydrogens is 596 g/mol. The summed E-state index contributed by atoms with van der Waals surface area (Å²) < 4.78 is 45.2. The summed E-state index contributed by atoms with van der Waals surface area (Å²) in [6.45, 7) is 4.22. The number of unbranched alkanes of at least 4 members (excludes halogenated alkanes) is 1. The number of ether oxygens (including phenoxy) is 2. The van der Waals surface area contributed by atoms with Gasteiger partial charge < -0.3 is 14.0 Å². The number of carbonyl (C=O) groups excluding carboxylic acids is 2. The third kappa shape index (κ3) is 6.58. The molecule has 0 saturated heterocycles. The Balaban J connectivity index is 1.48. The molecule has 0 unspecified atom stereocenters. The number of nitrogens with zero attached hydrogens (tertiary/aromatic N) is 4. The van der Waals surface area contributed by atoms with Crippen LogP contribution in [0.1, 0.15) is 73.5 Å². The number of methoxy groups -OCH3 is 1. The van der Waals surface area contributed by atoms with E-state index in [0.717, 1.165) is 60.7 Å². The van der Waals surface area contributed by atoms with Crippen LogP contribution in [-0.4, -0.2) is 69.1 Å². The van der Waals surface area contributed by atoms with Crippen molar-refractivity contribution < 1.29 is 32.0 Å². The minimum Gasteiger partial charge on any atom is -0.382 e. The molecule has 1 spiro atoms. The van der Waals surface area contributed by atoms with Gasteiger partial charge in [-0.25, -0.2) is 12.7 Å². The number of carbonyl (C=O) groups is 2. The molecule has 12 heteroatoms. The lowest BCUT2D eigenvalue weighted by Crippen LogP contribution is -2.40. The second kappa shape index (κ2) is 14.1. The van der Waals surface area contributed by atoms with Gasteiger partial charge in [-0.2, -0.15) is 0 Å². The zero-order valence-electron chi connectivity index (χ0n) is 26.0. The quantitative estimate of drug-likeness (QED) is 0.121. The summed E-state index contributed by atoms with van der Waals surface area (Å²) in [7, 11) is -2.69. The van der Waals surface area contributed by atoms with Gasteiger partial charge >= 0.3 is 0 Å². The number of sulfonamides is 1. The van der Waals surface area contributed by atoms with Crippen molar-refractivity contribution in [3.8, 4) is 11.1 Å². The van der Waals surface area contributed by atoms with Crippen molar-refractivity contribution in [3.63, 3.8) is 0 Å². The van der Waals surface area contributed by atoms with Crippen molar-refractivity contribution in [2.45, 2.75) is 75.8 Å². The maximum absolute atomic E-state index is 14.2. The van der Waals surface area contributed by atoms with Crippen LogP contribution in [0.3, 0.4) is 0 Å². The van der Waals surface area contributed by atoms with Gasteiger partial charge in [0.05, 0.1) is 24.7 Å². The van der Waals surface area contributed by atoms with Gasteiger partial charge in [0.2, 0.25) is 0 Å². The third-order valence-corrected chi connectivity index (χ3v) is 10.2. The number of amidine groups is 1. The van der Waals surface area contributed by atoms with E-state index in [4.69, 9.17) is 19.0 Å². The fourth-order valence-corrected chi connectivity index (χ4v) is 7.64. The summed E-state index contributed by atoms with van der Waals surface area (Å²) in [6.07, 6.45) is 8.15. The molecule has 2 heterocycles. The molecule has 1 saturated carbocycles. The Morgan fingerprint density at radius 3 is 2.58 bits per heavy atom. The predicted octanol–water partition coefficient (Wildman–Crippen LogP) is 5.52. The number of aromatic nitrogens is 1. The van der Waals surface area contributed by atoms with Crippen LogP contribution in [0.25, 0.3) is 11.1 Å². The molecule has 0 radical (unpaired) electrons. The zero-order valence-corrected chi connectivity index (χ0v) is 26.8. The molecule has 1 aromatic heterocycles. The van der Waals surface area contributed by atoms with E-state index in [2.05, 4.69) is 12.1 Å². The number of hydrogen-bond acceptors (Lipinski definition) is 9. The van der Waals surface area contributed by atoms with E-state index < -0.39 is 15.6 Å². The Hall–Kier alpha value is -3.87. The molecule has 0 bridgehead atoms. The minimum absolute atomic E-state index is 0.0105. The van der Waals surface area contributed by atoms with Gasteiger partial charge in [-0.15, -0.1) is 0 Å². The SMILES string of the molecule is CCCCC1=NC2(CCCC2)C(=O)N1Cc1ccc(-c2ccccc2S(=O)(=O)N(COCCOC)c2conc2C)c(C=O)c1. The lowest BCUT2D eigenvalue weighted by molar-refractivity contribution is -0.131. The second-order valence-corrected chi connectivity index (χ2v) is 13.3. The molecule has 2 aliphatic rings. The number of amides is 1. The molecule has 240 valence electrons. The Labute approximate surface area is 264 Å². The average Bonchev–Trinajstić information content (AvgIpc) is 3.76. The molecule has 2 aromatic carbocycles. The first-order valence-corrected chi connectivity index (χ1v) is 16.8. The molecule has 0 N–H and O–H groups in total. The second-order valence-electron chi connectivity index (χ2n) is 11.5. The Morgan fingerprint density at radius 2 is 1.89 bits per heavy atom. The van der Waals surface area contributed by atoms with Gasteiger partial charge in [0.15, 0.2) is 6.29 Å². The highest BCUT2D eigenvalue weighted by Crippen LogP contribution is 2.40. The molecule has 1 aliphatic heterocycles. The summed E-state index contributed by atoms with van der Waals surface area (Å²) in [6, 6.07) is 11.8. The fraction of sp³-hybridized carbons (Fsp3) is 0.455. The minimum atomic E-state index is -4.22. The lowest BCUT2D eigenvalue weighted by Gasteiger charge is -2.25. The highest BCUT2D eigenvalue weighted by atomic mass is 32.2. The van der Waals surface area contributed by atoms with Crippen LogP contribution in [0, 0.1) is 6.92 Å². The molecule has 5 rings (SSSR count). The van der Waals surface area contributed by atoms with Crippen molar-refractivity contribution in [2.75, 3.05) is 31.4 Å². The smallest absolute Gasteiger partial charge is 0.267 e. The van der Waals surface area contributed by atoms with Crippen molar-refractivity contribution >= 4 is 33.7 Å². The van der Waals surface area contributed by atoms with Crippen LogP contribution in [0.15, 0.2) is 63.1 Å². The fourth-order valence-electron chi connectivity index (χ4n) is 6.05. The summed E-state index contributed by atoms with van der Waals surface area (Å²) in [5.41, 5.74) is 1.86. The Morgan fingerprint density at radius 1 is 1.11 bits per heavy atom. The normalized spacial score (nSPS) is 16.0. The molecule has 1 aliphatic carbocycles. The summed E-state index contributed by atoms with van der Waals surface area (Å²) in [4.78, 5) is 32.9. The maximum atomic E-state index is 14.2. The van der Waals surface area contributed by atoms with Crippen molar-refractivity contribution in [2.24, 2.45) is 4.99 Å². The van der Waals surface area contributed by atoms with E-state index in [9.17, 15) is 18.0 Å². The van der Waals surface area contributed by atoms with Gasteiger partial charge in [0.25, 0.3) is 15.9 Å². The molecule has 3 aromatic rings. The van der Waals surface area contributed by atoms with Crippen LogP contribution in [0.2, 0.25) is 0 Å². The number of benzene rings is 2. The molecule has 45 heavy (non-hydrogen) atoms. The van der Waals surface area contributed by atoms with Crippen LogP contribution >= 0.6 is 0 Å². The Bertz CT molecular complexity index is 1660. The molecule has 1 amide bonds. The van der Waals surface area contributed by atoms with E-state index in [1.807, 2.05) is 6.07 Å². The van der Waals surface area contributed by atoms with Crippen LogP contribution < -0.4 is 4.31 Å². The van der Waals surface area contributed by atoms with E-state index in [1.165, 1.54) is 19.4 Å². The van der Waals surface area contributed by atoms with Crippen molar-refractivity contribution in [1.82, 2.24) is 10.1 Å². The number of anilines is 1. The Kier molecular flexibility index (Phi) is 10.2. The molecular formula is C33H40N4O7S.